The molecule has 0 spiro atoms. The SMILES string of the molecule is CC(CCBr)NC(=O)c1cncn1C. The monoisotopic (exact) mass is 259 g/mol. The predicted molar refractivity (Wildman–Crippen MR) is 58.5 cm³/mol. The first-order chi connectivity index (χ1) is 6.65. The number of hydrogen-bond acceptors (Lipinski definition) is 2. The van der Waals surface area contributed by atoms with Crippen molar-refractivity contribution in [1.29, 1.82) is 0 Å². The molecule has 0 aliphatic rings. The molecule has 0 fully saturated rings. The second kappa shape index (κ2) is 5.14. The topological polar surface area (TPSA) is 46.9 Å². The van der Waals surface area contributed by atoms with Gasteiger partial charge in [0.1, 0.15) is 5.69 Å². The summed E-state index contributed by atoms with van der Waals surface area (Å²) in [6.45, 7) is 1.98. The summed E-state index contributed by atoms with van der Waals surface area (Å²) in [6.07, 6.45) is 4.10. The van der Waals surface area contributed by atoms with Gasteiger partial charge in [0.25, 0.3) is 5.91 Å². The first-order valence-electron chi connectivity index (χ1n) is 4.48. The summed E-state index contributed by atoms with van der Waals surface area (Å²) in [5.41, 5.74) is 0.589. The standard InChI is InChI=1S/C9H14BrN3O/c1-7(3-4-10)12-9(14)8-5-11-6-13(8)2/h5-7H,3-4H2,1-2H3,(H,12,14). The number of nitrogens with zero attached hydrogens (tertiary/aromatic N) is 2. The number of aromatic nitrogens is 2. The van der Waals surface area contributed by atoms with Crippen molar-refractivity contribution in [2.75, 3.05) is 5.33 Å². The third-order valence-corrected chi connectivity index (χ3v) is 2.43. The van der Waals surface area contributed by atoms with Gasteiger partial charge in [-0.2, -0.15) is 0 Å². The molecule has 1 amide bonds. The molecule has 0 aliphatic carbocycles. The maximum atomic E-state index is 11.6. The van der Waals surface area contributed by atoms with Gasteiger partial charge in [-0.15, -0.1) is 0 Å². The Hall–Kier alpha value is -0.840. The smallest absolute Gasteiger partial charge is 0.269 e. The summed E-state index contributed by atoms with van der Waals surface area (Å²) in [5.74, 6) is -0.0709. The van der Waals surface area contributed by atoms with E-state index in [4.69, 9.17) is 0 Å². The second-order valence-electron chi connectivity index (χ2n) is 3.24. The Labute approximate surface area is 91.8 Å². The molecular formula is C9H14BrN3O. The molecule has 4 nitrogen and oxygen atoms in total. The van der Waals surface area contributed by atoms with Crippen molar-refractivity contribution in [2.45, 2.75) is 19.4 Å². The molecule has 0 aliphatic heterocycles. The van der Waals surface area contributed by atoms with Gasteiger partial charge in [0.2, 0.25) is 0 Å². The van der Waals surface area contributed by atoms with Crippen LogP contribution < -0.4 is 5.32 Å². The van der Waals surface area contributed by atoms with Crippen LogP contribution in [0.5, 0.6) is 0 Å². The molecule has 78 valence electrons. The fourth-order valence-electron chi connectivity index (χ4n) is 1.11. The zero-order chi connectivity index (χ0) is 10.6. The largest absolute Gasteiger partial charge is 0.348 e. The van der Waals surface area contributed by atoms with Crippen LogP contribution in [0.4, 0.5) is 0 Å². The van der Waals surface area contributed by atoms with Gasteiger partial charge in [-0.05, 0) is 13.3 Å². The molecule has 0 aromatic carbocycles. The van der Waals surface area contributed by atoms with Crippen molar-refractivity contribution in [3.05, 3.63) is 18.2 Å². The third kappa shape index (κ3) is 2.83. The van der Waals surface area contributed by atoms with Crippen LogP contribution in [-0.4, -0.2) is 26.8 Å². The Kier molecular flexibility index (Phi) is 4.13. The normalized spacial score (nSPS) is 12.5. The molecular weight excluding hydrogens is 246 g/mol. The van der Waals surface area contributed by atoms with Gasteiger partial charge in [-0.25, -0.2) is 4.98 Å². The average molecular weight is 260 g/mol. The van der Waals surface area contributed by atoms with Crippen molar-refractivity contribution >= 4 is 21.8 Å². The van der Waals surface area contributed by atoms with Crippen LogP contribution in [0.2, 0.25) is 0 Å². The summed E-state index contributed by atoms with van der Waals surface area (Å²) in [7, 11) is 1.80. The second-order valence-corrected chi connectivity index (χ2v) is 4.03. The summed E-state index contributed by atoms with van der Waals surface area (Å²) < 4.78 is 1.70. The zero-order valence-electron chi connectivity index (χ0n) is 8.33. The van der Waals surface area contributed by atoms with Crippen molar-refractivity contribution in [3.63, 3.8) is 0 Å². The number of halogens is 1. The Morgan fingerprint density at radius 3 is 3.00 bits per heavy atom. The van der Waals surface area contributed by atoms with E-state index in [2.05, 4.69) is 26.2 Å². The third-order valence-electron chi connectivity index (χ3n) is 1.97. The van der Waals surface area contributed by atoms with Crippen LogP contribution in [-0.2, 0) is 7.05 Å². The molecule has 1 aromatic rings. The van der Waals surface area contributed by atoms with Crippen LogP contribution in [0.3, 0.4) is 0 Å². The van der Waals surface area contributed by atoms with E-state index in [-0.39, 0.29) is 11.9 Å². The average Bonchev–Trinajstić information content (AvgIpc) is 2.51. The number of imidazole rings is 1. The first kappa shape index (κ1) is 11.2. The van der Waals surface area contributed by atoms with Crippen LogP contribution in [0.1, 0.15) is 23.8 Å². The van der Waals surface area contributed by atoms with E-state index in [0.717, 1.165) is 11.8 Å². The van der Waals surface area contributed by atoms with Crippen LogP contribution in [0, 0.1) is 0 Å². The first-order valence-corrected chi connectivity index (χ1v) is 5.60. The summed E-state index contributed by atoms with van der Waals surface area (Å²) >= 11 is 3.33. The molecule has 5 heteroatoms. The molecule has 0 saturated heterocycles. The number of nitrogens with one attached hydrogen (secondary N) is 1. The van der Waals surface area contributed by atoms with Gasteiger partial charge in [0, 0.05) is 18.4 Å². The minimum Gasteiger partial charge on any atom is -0.348 e. The van der Waals surface area contributed by atoms with E-state index in [1.165, 1.54) is 0 Å². The molecule has 14 heavy (non-hydrogen) atoms. The zero-order valence-corrected chi connectivity index (χ0v) is 9.91. The van der Waals surface area contributed by atoms with Gasteiger partial charge in [0.05, 0.1) is 12.5 Å². The fourth-order valence-corrected chi connectivity index (χ4v) is 1.80. The van der Waals surface area contributed by atoms with Gasteiger partial charge in [-0.3, -0.25) is 4.79 Å². The molecule has 1 aromatic heterocycles. The molecule has 0 saturated carbocycles. The molecule has 0 radical (unpaired) electrons. The Bertz CT molecular complexity index is 311. The summed E-state index contributed by atoms with van der Waals surface area (Å²) in [6, 6.07) is 0.178. The van der Waals surface area contributed by atoms with Crippen molar-refractivity contribution in [1.82, 2.24) is 14.9 Å². The van der Waals surface area contributed by atoms with Crippen LogP contribution >= 0.6 is 15.9 Å². The molecule has 0 bridgehead atoms. The van der Waals surface area contributed by atoms with E-state index in [1.807, 2.05) is 6.92 Å². The minimum atomic E-state index is -0.0709. The highest BCUT2D eigenvalue weighted by atomic mass is 79.9. The Morgan fingerprint density at radius 1 is 1.79 bits per heavy atom. The molecule has 1 atom stereocenters. The number of carbonyl (C=O) groups is 1. The van der Waals surface area contributed by atoms with Gasteiger partial charge < -0.3 is 9.88 Å². The molecule has 1 unspecified atom stereocenters. The fraction of sp³-hybridized carbons (Fsp3) is 0.556. The van der Waals surface area contributed by atoms with Crippen molar-refractivity contribution in [3.8, 4) is 0 Å². The van der Waals surface area contributed by atoms with Gasteiger partial charge >= 0.3 is 0 Å². The lowest BCUT2D eigenvalue weighted by Gasteiger charge is -2.11. The van der Waals surface area contributed by atoms with E-state index < -0.39 is 0 Å². The molecule has 1 N–H and O–H groups in total. The van der Waals surface area contributed by atoms with Gasteiger partial charge in [0.15, 0.2) is 0 Å². The molecule has 1 heterocycles. The van der Waals surface area contributed by atoms with E-state index in [0.29, 0.717) is 5.69 Å². The van der Waals surface area contributed by atoms with Gasteiger partial charge in [-0.1, -0.05) is 15.9 Å². The van der Waals surface area contributed by atoms with E-state index in [9.17, 15) is 4.79 Å². The Morgan fingerprint density at radius 2 is 2.50 bits per heavy atom. The highest BCUT2D eigenvalue weighted by Gasteiger charge is 2.11. The number of hydrogen-bond donors (Lipinski definition) is 1. The number of carbonyl (C=O) groups excluding carboxylic acids is 1. The van der Waals surface area contributed by atoms with Crippen molar-refractivity contribution < 1.29 is 4.79 Å². The lowest BCUT2D eigenvalue weighted by molar-refractivity contribution is 0.0931. The quantitative estimate of drug-likeness (QED) is 0.830. The minimum absolute atomic E-state index is 0.0709. The van der Waals surface area contributed by atoms with Crippen LogP contribution in [0.25, 0.3) is 0 Å². The highest BCUT2D eigenvalue weighted by Crippen LogP contribution is 1.99. The van der Waals surface area contributed by atoms with E-state index in [1.54, 1.807) is 24.1 Å². The number of alkyl halides is 1. The molecule has 1 rings (SSSR count). The maximum Gasteiger partial charge on any atom is 0.269 e. The summed E-state index contributed by atoms with van der Waals surface area (Å²) in [4.78, 5) is 15.5. The number of amides is 1. The summed E-state index contributed by atoms with van der Waals surface area (Å²) in [5, 5.41) is 3.78. The van der Waals surface area contributed by atoms with E-state index >= 15 is 0 Å². The Balaban J connectivity index is 2.55. The van der Waals surface area contributed by atoms with Crippen LogP contribution in [0.15, 0.2) is 12.5 Å². The lowest BCUT2D eigenvalue weighted by atomic mass is 10.2. The van der Waals surface area contributed by atoms with Crippen molar-refractivity contribution in [2.24, 2.45) is 7.05 Å². The number of rotatable bonds is 4. The predicted octanol–water partition coefficient (Wildman–Crippen LogP) is 1.32. The maximum absolute atomic E-state index is 11.6. The number of aryl methyl sites for hydroxylation is 1. The highest BCUT2D eigenvalue weighted by molar-refractivity contribution is 9.09. The lowest BCUT2D eigenvalue weighted by Crippen LogP contribution is -2.33.